The molecule has 1 heterocycles. The Kier molecular flexibility index (Phi) is 3.84. The van der Waals surface area contributed by atoms with E-state index >= 15 is 0 Å². The SMILES string of the molecule is COC(=O)c1cc(Nc2cc(C)cc(F)c2)ncc1N. The molecule has 20 heavy (non-hydrogen) atoms. The highest BCUT2D eigenvalue weighted by Crippen LogP contribution is 2.21. The van der Waals surface area contributed by atoms with E-state index in [2.05, 4.69) is 15.0 Å². The van der Waals surface area contributed by atoms with Crippen LogP contribution in [0.1, 0.15) is 15.9 Å². The van der Waals surface area contributed by atoms with Crippen LogP contribution in [0.25, 0.3) is 0 Å². The molecule has 0 atom stereocenters. The Morgan fingerprint density at radius 3 is 2.75 bits per heavy atom. The number of nitrogens with one attached hydrogen (secondary N) is 1. The maximum atomic E-state index is 13.3. The zero-order valence-electron chi connectivity index (χ0n) is 11.1. The molecular formula is C14H14FN3O2. The van der Waals surface area contributed by atoms with Crippen molar-refractivity contribution in [2.75, 3.05) is 18.2 Å². The highest BCUT2D eigenvalue weighted by atomic mass is 19.1. The summed E-state index contributed by atoms with van der Waals surface area (Å²) in [4.78, 5) is 15.6. The van der Waals surface area contributed by atoms with Crippen molar-refractivity contribution in [3.05, 3.63) is 47.4 Å². The second-order valence-corrected chi connectivity index (χ2v) is 4.29. The lowest BCUT2D eigenvalue weighted by Gasteiger charge is -2.09. The summed E-state index contributed by atoms with van der Waals surface area (Å²) in [7, 11) is 1.27. The number of pyridine rings is 1. The number of anilines is 3. The van der Waals surface area contributed by atoms with Gasteiger partial charge in [-0.3, -0.25) is 0 Å². The topological polar surface area (TPSA) is 77.2 Å². The lowest BCUT2D eigenvalue weighted by atomic mass is 10.2. The van der Waals surface area contributed by atoms with Crippen LogP contribution in [0.15, 0.2) is 30.5 Å². The highest BCUT2D eigenvalue weighted by Gasteiger charge is 2.12. The number of hydrogen-bond donors (Lipinski definition) is 2. The number of aryl methyl sites for hydroxylation is 1. The average Bonchev–Trinajstić information content (AvgIpc) is 2.39. The van der Waals surface area contributed by atoms with Crippen molar-refractivity contribution < 1.29 is 13.9 Å². The minimum Gasteiger partial charge on any atom is -0.465 e. The number of carbonyl (C=O) groups excluding carboxylic acids is 1. The van der Waals surface area contributed by atoms with Gasteiger partial charge in [0, 0.05) is 5.69 Å². The molecular weight excluding hydrogens is 261 g/mol. The summed E-state index contributed by atoms with van der Waals surface area (Å²) < 4.78 is 17.9. The predicted molar refractivity (Wildman–Crippen MR) is 74.4 cm³/mol. The second-order valence-electron chi connectivity index (χ2n) is 4.29. The first-order valence-electron chi connectivity index (χ1n) is 5.87. The first-order chi connectivity index (χ1) is 9.49. The zero-order chi connectivity index (χ0) is 14.7. The van der Waals surface area contributed by atoms with Crippen molar-refractivity contribution in [3.8, 4) is 0 Å². The quantitative estimate of drug-likeness (QED) is 0.842. The largest absolute Gasteiger partial charge is 0.465 e. The molecule has 0 saturated heterocycles. The number of ether oxygens (including phenoxy) is 1. The number of aromatic nitrogens is 1. The smallest absolute Gasteiger partial charge is 0.340 e. The van der Waals surface area contributed by atoms with E-state index in [0.29, 0.717) is 11.5 Å². The molecule has 2 rings (SSSR count). The number of esters is 1. The van der Waals surface area contributed by atoms with Crippen molar-refractivity contribution >= 4 is 23.2 Å². The number of nitrogen functional groups attached to an aromatic ring is 1. The molecule has 0 unspecified atom stereocenters. The summed E-state index contributed by atoms with van der Waals surface area (Å²) in [6, 6.07) is 5.98. The van der Waals surface area contributed by atoms with Crippen LogP contribution in [0.2, 0.25) is 0 Å². The van der Waals surface area contributed by atoms with Crippen LogP contribution >= 0.6 is 0 Å². The number of carbonyl (C=O) groups is 1. The second kappa shape index (κ2) is 5.56. The van der Waals surface area contributed by atoms with Gasteiger partial charge in [-0.1, -0.05) is 0 Å². The van der Waals surface area contributed by atoms with Crippen LogP contribution in [0, 0.1) is 12.7 Å². The Morgan fingerprint density at radius 2 is 2.10 bits per heavy atom. The summed E-state index contributed by atoms with van der Waals surface area (Å²) in [5.41, 5.74) is 7.40. The maximum Gasteiger partial charge on any atom is 0.340 e. The van der Waals surface area contributed by atoms with E-state index in [1.165, 1.54) is 31.5 Å². The van der Waals surface area contributed by atoms with Crippen LogP contribution in [0.5, 0.6) is 0 Å². The van der Waals surface area contributed by atoms with Gasteiger partial charge in [-0.25, -0.2) is 14.2 Å². The lowest BCUT2D eigenvalue weighted by molar-refractivity contribution is 0.0602. The van der Waals surface area contributed by atoms with Gasteiger partial charge in [0.05, 0.1) is 24.6 Å². The van der Waals surface area contributed by atoms with E-state index in [-0.39, 0.29) is 17.1 Å². The molecule has 0 radical (unpaired) electrons. The van der Waals surface area contributed by atoms with E-state index in [9.17, 15) is 9.18 Å². The van der Waals surface area contributed by atoms with E-state index < -0.39 is 5.97 Å². The Bertz CT molecular complexity index is 639. The van der Waals surface area contributed by atoms with E-state index in [4.69, 9.17) is 5.73 Å². The number of methoxy groups -OCH3 is 1. The van der Waals surface area contributed by atoms with Crippen LogP contribution in [0.3, 0.4) is 0 Å². The predicted octanol–water partition coefficient (Wildman–Crippen LogP) is 2.64. The number of hydrogen-bond acceptors (Lipinski definition) is 5. The van der Waals surface area contributed by atoms with Gasteiger partial charge in [0.1, 0.15) is 11.6 Å². The van der Waals surface area contributed by atoms with Crippen molar-refractivity contribution in [1.82, 2.24) is 4.98 Å². The number of rotatable bonds is 3. The minimum absolute atomic E-state index is 0.207. The number of halogens is 1. The molecule has 3 N–H and O–H groups in total. The van der Waals surface area contributed by atoms with E-state index in [1.807, 2.05) is 0 Å². The Balaban J connectivity index is 2.32. The number of nitrogens with zero attached hydrogens (tertiary/aromatic N) is 1. The third-order valence-electron chi connectivity index (χ3n) is 2.65. The molecule has 0 bridgehead atoms. The number of nitrogens with two attached hydrogens (primary N) is 1. The Morgan fingerprint density at radius 1 is 1.35 bits per heavy atom. The summed E-state index contributed by atoms with van der Waals surface area (Å²) in [6.45, 7) is 1.78. The van der Waals surface area contributed by atoms with Crippen LogP contribution < -0.4 is 11.1 Å². The highest BCUT2D eigenvalue weighted by molar-refractivity contribution is 5.95. The number of benzene rings is 1. The molecule has 5 nitrogen and oxygen atoms in total. The summed E-state index contributed by atoms with van der Waals surface area (Å²) in [5, 5.41) is 2.92. The van der Waals surface area contributed by atoms with E-state index in [0.717, 1.165) is 5.56 Å². The van der Waals surface area contributed by atoms with Crippen molar-refractivity contribution in [1.29, 1.82) is 0 Å². The van der Waals surface area contributed by atoms with Gasteiger partial charge in [0.2, 0.25) is 0 Å². The maximum absolute atomic E-state index is 13.3. The molecule has 0 saturated carbocycles. The fourth-order valence-corrected chi connectivity index (χ4v) is 1.78. The molecule has 1 aromatic heterocycles. The zero-order valence-corrected chi connectivity index (χ0v) is 11.1. The summed E-state index contributed by atoms with van der Waals surface area (Å²) >= 11 is 0. The third kappa shape index (κ3) is 3.03. The van der Waals surface area contributed by atoms with Gasteiger partial charge >= 0.3 is 5.97 Å². The molecule has 0 aliphatic heterocycles. The van der Waals surface area contributed by atoms with Crippen molar-refractivity contribution in [2.45, 2.75) is 6.92 Å². The standard InChI is InChI=1S/C14H14FN3O2/c1-8-3-9(15)5-10(4-8)18-13-6-11(14(19)20-2)12(16)7-17-13/h3-7H,16H2,1-2H3,(H,17,18). The van der Waals surface area contributed by atoms with Crippen LogP contribution in [-0.4, -0.2) is 18.1 Å². The minimum atomic E-state index is -0.552. The molecule has 0 fully saturated rings. The van der Waals surface area contributed by atoms with Gasteiger partial charge in [-0.05, 0) is 36.8 Å². The molecule has 0 spiro atoms. The van der Waals surface area contributed by atoms with Gasteiger partial charge in [-0.2, -0.15) is 0 Å². The summed E-state index contributed by atoms with van der Waals surface area (Å²) in [6.07, 6.45) is 1.35. The lowest BCUT2D eigenvalue weighted by Crippen LogP contribution is -2.07. The molecule has 0 aliphatic rings. The molecule has 1 aromatic carbocycles. The molecule has 2 aromatic rings. The molecule has 0 aliphatic carbocycles. The van der Waals surface area contributed by atoms with Gasteiger partial charge in [0.25, 0.3) is 0 Å². The van der Waals surface area contributed by atoms with E-state index in [1.54, 1.807) is 13.0 Å². The Labute approximate surface area is 115 Å². The fourth-order valence-electron chi connectivity index (χ4n) is 1.78. The first kappa shape index (κ1) is 13.8. The molecule has 6 heteroatoms. The third-order valence-corrected chi connectivity index (χ3v) is 2.65. The monoisotopic (exact) mass is 275 g/mol. The van der Waals surface area contributed by atoms with Crippen molar-refractivity contribution in [3.63, 3.8) is 0 Å². The normalized spacial score (nSPS) is 10.2. The Hall–Kier alpha value is -2.63. The van der Waals surface area contributed by atoms with Gasteiger partial charge < -0.3 is 15.8 Å². The van der Waals surface area contributed by atoms with Gasteiger partial charge in [0.15, 0.2) is 0 Å². The fraction of sp³-hybridized carbons (Fsp3) is 0.143. The average molecular weight is 275 g/mol. The molecule has 0 amide bonds. The van der Waals surface area contributed by atoms with Crippen LogP contribution in [0.4, 0.5) is 21.6 Å². The summed E-state index contributed by atoms with van der Waals surface area (Å²) in [5.74, 6) is -0.524. The molecule has 104 valence electrons. The van der Waals surface area contributed by atoms with Crippen LogP contribution in [-0.2, 0) is 4.74 Å². The van der Waals surface area contributed by atoms with Gasteiger partial charge in [-0.15, -0.1) is 0 Å². The first-order valence-corrected chi connectivity index (χ1v) is 5.87. The van der Waals surface area contributed by atoms with Crippen molar-refractivity contribution in [2.24, 2.45) is 0 Å².